The summed E-state index contributed by atoms with van der Waals surface area (Å²) in [5, 5.41) is 0. The molecular weight excluding hydrogens is 166 g/mol. The van der Waals surface area contributed by atoms with E-state index in [-0.39, 0.29) is 18.1 Å². The van der Waals surface area contributed by atoms with Crippen LogP contribution in [0.1, 0.15) is 33.1 Å². The van der Waals surface area contributed by atoms with Gasteiger partial charge < -0.3 is 4.90 Å². The van der Waals surface area contributed by atoms with Gasteiger partial charge in [0.1, 0.15) is 5.78 Å². The summed E-state index contributed by atoms with van der Waals surface area (Å²) in [6.45, 7) is 5.72. The maximum Gasteiger partial charge on any atom is 0.230 e. The lowest BCUT2D eigenvalue weighted by atomic mass is 10.1. The van der Waals surface area contributed by atoms with Gasteiger partial charge in [0.05, 0.1) is 6.42 Å². The number of carbonyl (C=O) groups is 2. The zero-order chi connectivity index (χ0) is 9.84. The van der Waals surface area contributed by atoms with E-state index in [4.69, 9.17) is 0 Å². The molecule has 0 aliphatic carbocycles. The Kier molecular flexibility index (Phi) is 3.46. The number of carbonyl (C=O) groups excluding carboxylic acids is 2. The Labute approximate surface area is 79.1 Å². The fourth-order valence-corrected chi connectivity index (χ4v) is 1.40. The van der Waals surface area contributed by atoms with Crippen LogP contribution in [0.2, 0.25) is 0 Å². The summed E-state index contributed by atoms with van der Waals surface area (Å²) < 4.78 is 0. The molecule has 3 nitrogen and oxygen atoms in total. The number of piperidine rings is 1. The van der Waals surface area contributed by atoms with Crippen molar-refractivity contribution in [2.24, 2.45) is 5.92 Å². The molecule has 0 aromatic carbocycles. The fourth-order valence-electron chi connectivity index (χ4n) is 1.40. The molecule has 1 saturated heterocycles. The number of amides is 1. The first kappa shape index (κ1) is 10.2. The van der Waals surface area contributed by atoms with E-state index < -0.39 is 0 Å². The minimum Gasteiger partial charge on any atom is -0.342 e. The number of hydrogen-bond donors (Lipinski definition) is 0. The third kappa shape index (κ3) is 3.17. The number of rotatable bonds is 3. The quantitative estimate of drug-likeness (QED) is 0.617. The van der Waals surface area contributed by atoms with Gasteiger partial charge in [-0.2, -0.15) is 0 Å². The largest absolute Gasteiger partial charge is 0.342 e. The molecule has 0 N–H and O–H groups in total. The van der Waals surface area contributed by atoms with Gasteiger partial charge in [0.15, 0.2) is 0 Å². The molecule has 0 bridgehead atoms. The molecule has 1 heterocycles. The second kappa shape index (κ2) is 4.40. The molecule has 1 rings (SSSR count). The SMILES string of the molecule is CC(C)CCN1CCC(=O)CC1=O. The summed E-state index contributed by atoms with van der Waals surface area (Å²) in [6.07, 6.45) is 1.70. The van der Waals surface area contributed by atoms with Gasteiger partial charge in [-0.25, -0.2) is 0 Å². The molecule has 0 aromatic heterocycles. The average Bonchev–Trinajstić information content (AvgIpc) is 2.02. The van der Waals surface area contributed by atoms with E-state index in [0.717, 1.165) is 13.0 Å². The second-order valence-corrected chi connectivity index (χ2v) is 4.03. The van der Waals surface area contributed by atoms with E-state index in [0.29, 0.717) is 18.9 Å². The van der Waals surface area contributed by atoms with Crippen LogP contribution in [0.15, 0.2) is 0 Å². The van der Waals surface area contributed by atoms with E-state index in [1.807, 2.05) is 0 Å². The average molecular weight is 183 g/mol. The Morgan fingerprint density at radius 3 is 2.62 bits per heavy atom. The second-order valence-electron chi connectivity index (χ2n) is 4.03. The lowest BCUT2D eigenvalue weighted by molar-refractivity contribution is -0.139. The van der Waals surface area contributed by atoms with E-state index in [2.05, 4.69) is 13.8 Å². The molecule has 0 saturated carbocycles. The molecule has 1 aliphatic heterocycles. The van der Waals surface area contributed by atoms with Gasteiger partial charge in [-0.3, -0.25) is 9.59 Å². The van der Waals surface area contributed by atoms with Gasteiger partial charge in [0.25, 0.3) is 0 Å². The van der Waals surface area contributed by atoms with Crippen molar-refractivity contribution in [3.63, 3.8) is 0 Å². The van der Waals surface area contributed by atoms with Crippen LogP contribution in [0.25, 0.3) is 0 Å². The van der Waals surface area contributed by atoms with Crippen LogP contribution in [0.4, 0.5) is 0 Å². The zero-order valence-corrected chi connectivity index (χ0v) is 8.38. The first-order chi connectivity index (χ1) is 6.09. The van der Waals surface area contributed by atoms with Gasteiger partial charge >= 0.3 is 0 Å². The Bertz CT molecular complexity index is 211. The maximum absolute atomic E-state index is 11.3. The lowest BCUT2D eigenvalue weighted by Crippen LogP contribution is -2.39. The molecule has 0 aromatic rings. The molecule has 13 heavy (non-hydrogen) atoms. The van der Waals surface area contributed by atoms with Gasteiger partial charge in [-0.15, -0.1) is 0 Å². The first-order valence-electron chi connectivity index (χ1n) is 4.89. The van der Waals surface area contributed by atoms with Crippen molar-refractivity contribution in [1.82, 2.24) is 4.90 Å². The monoisotopic (exact) mass is 183 g/mol. The van der Waals surface area contributed by atoms with Crippen molar-refractivity contribution in [3.05, 3.63) is 0 Å². The number of Topliss-reactive ketones (excluding diaryl/α,β-unsaturated/α-hetero) is 1. The molecule has 1 aliphatic rings. The Hall–Kier alpha value is -0.860. The molecule has 0 spiro atoms. The topological polar surface area (TPSA) is 37.4 Å². The summed E-state index contributed by atoms with van der Waals surface area (Å²) in [5.41, 5.74) is 0. The summed E-state index contributed by atoms with van der Waals surface area (Å²) >= 11 is 0. The summed E-state index contributed by atoms with van der Waals surface area (Å²) in [5.74, 6) is 0.716. The summed E-state index contributed by atoms with van der Waals surface area (Å²) in [6, 6.07) is 0. The number of nitrogens with zero attached hydrogens (tertiary/aromatic N) is 1. The van der Waals surface area contributed by atoms with Crippen molar-refractivity contribution in [2.45, 2.75) is 33.1 Å². The van der Waals surface area contributed by atoms with Crippen molar-refractivity contribution in [3.8, 4) is 0 Å². The summed E-state index contributed by atoms with van der Waals surface area (Å²) in [4.78, 5) is 24.0. The van der Waals surface area contributed by atoms with E-state index in [1.54, 1.807) is 4.90 Å². The Morgan fingerprint density at radius 2 is 2.08 bits per heavy atom. The third-order valence-electron chi connectivity index (χ3n) is 2.34. The number of ketones is 1. The molecule has 74 valence electrons. The lowest BCUT2D eigenvalue weighted by Gasteiger charge is -2.26. The highest BCUT2D eigenvalue weighted by Gasteiger charge is 2.22. The summed E-state index contributed by atoms with van der Waals surface area (Å²) in [7, 11) is 0. The van der Waals surface area contributed by atoms with Gasteiger partial charge in [0.2, 0.25) is 5.91 Å². The van der Waals surface area contributed by atoms with Crippen LogP contribution < -0.4 is 0 Å². The minimum absolute atomic E-state index is 0.0110. The van der Waals surface area contributed by atoms with Crippen molar-refractivity contribution in [2.75, 3.05) is 13.1 Å². The molecular formula is C10H17NO2. The smallest absolute Gasteiger partial charge is 0.230 e. The van der Waals surface area contributed by atoms with Crippen molar-refractivity contribution >= 4 is 11.7 Å². The fraction of sp³-hybridized carbons (Fsp3) is 0.800. The molecule has 0 radical (unpaired) electrons. The Morgan fingerprint density at radius 1 is 1.38 bits per heavy atom. The standard InChI is InChI=1S/C10H17NO2/c1-8(2)3-5-11-6-4-9(12)7-10(11)13/h8H,3-7H2,1-2H3. The van der Waals surface area contributed by atoms with Gasteiger partial charge in [-0.05, 0) is 12.3 Å². The van der Waals surface area contributed by atoms with Crippen LogP contribution in [-0.4, -0.2) is 29.7 Å². The number of likely N-dealkylation sites (tertiary alicyclic amines) is 1. The zero-order valence-electron chi connectivity index (χ0n) is 8.38. The normalized spacial score (nSPS) is 18.5. The van der Waals surface area contributed by atoms with Crippen molar-refractivity contribution < 1.29 is 9.59 Å². The van der Waals surface area contributed by atoms with E-state index in [9.17, 15) is 9.59 Å². The predicted octanol–water partition coefficient (Wildman–Crippen LogP) is 1.22. The molecule has 3 heteroatoms. The first-order valence-corrected chi connectivity index (χ1v) is 4.89. The van der Waals surface area contributed by atoms with Crippen molar-refractivity contribution in [1.29, 1.82) is 0 Å². The predicted molar refractivity (Wildman–Crippen MR) is 50.3 cm³/mol. The highest BCUT2D eigenvalue weighted by atomic mass is 16.2. The van der Waals surface area contributed by atoms with E-state index >= 15 is 0 Å². The maximum atomic E-state index is 11.3. The molecule has 1 amide bonds. The van der Waals surface area contributed by atoms with Gasteiger partial charge in [0, 0.05) is 19.5 Å². The molecule has 1 fully saturated rings. The minimum atomic E-state index is 0.0110. The molecule has 0 atom stereocenters. The highest BCUT2D eigenvalue weighted by molar-refractivity contribution is 6.00. The van der Waals surface area contributed by atoms with E-state index in [1.165, 1.54) is 0 Å². The van der Waals surface area contributed by atoms with Crippen LogP contribution in [0.3, 0.4) is 0 Å². The van der Waals surface area contributed by atoms with Crippen LogP contribution in [-0.2, 0) is 9.59 Å². The van der Waals surface area contributed by atoms with Gasteiger partial charge in [-0.1, -0.05) is 13.8 Å². The van der Waals surface area contributed by atoms with Crippen LogP contribution in [0, 0.1) is 5.92 Å². The molecule has 0 unspecified atom stereocenters. The third-order valence-corrected chi connectivity index (χ3v) is 2.34. The van der Waals surface area contributed by atoms with Crippen LogP contribution >= 0.6 is 0 Å². The highest BCUT2D eigenvalue weighted by Crippen LogP contribution is 2.10. The Balaban J connectivity index is 2.34. The number of hydrogen-bond acceptors (Lipinski definition) is 2. The van der Waals surface area contributed by atoms with Crippen LogP contribution in [0.5, 0.6) is 0 Å².